The van der Waals surface area contributed by atoms with Crippen molar-refractivity contribution in [1.82, 2.24) is 15.3 Å². The first-order chi connectivity index (χ1) is 18.8. The molecular weight excluding hydrogens is 537 g/mol. The van der Waals surface area contributed by atoms with Gasteiger partial charge in [-0.25, -0.2) is 28.2 Å². The summed E-state index contributed by atoms with van der Waals surface area (Å²) in [5.74, 6) is -0.282. The van der Waals surface area contributed by atoms with E-state index in [1.807, 2.05) is 6.92 Å². The molecule has 0 saturated heterocycles. The number of carbonyl (C=O) groups is 2. The summed E-state index contributed by atoms with van der Waals surface area (Å²) in [4.78, 5) is 33.2. The van der Waals surface area contributed by atoms with Gasteiger partial charge in [0.1, 0.15) is 17.5 Å². The van der Waals surface area contributed by atoms with E-state index in [-0.39, 0.29) is 45.4 Å². The van der Waals surface area contributed by atoms with Gasteiger partial charge in [-0.15, -0.1) is 4.36 Å². The Morgan fingerprint density at radius 1 is 1.12 bits per heavy atom. The molecule has 0 aliphatic heterocycles. The number of benzene rings is 1. The molecule has 3 saturated carbocycles. The molecule has 40 heavy (non-hydrogen) atoms. The largest absolute Gasteiger partial charge is 0.446 e. The number of alkyl carbamates (subject to hydrolysis) is 1. The van der Waals surface area contributed by atoms with E-state index in [1.54, 1.807) is 33.2 Å². The number of carbonyl (C=O) groups excluding carboxylic acids is 2. The van der Waals surface area contributed by atoms with Crippen molar-refractivity contribution < 1.29 is 27.7 Å². The van der Waals surface area contributed by atoms with Crippen LogP contribution < -0.4 is 10.6 Å². The van der Waals surface area contributed by atoms with E-state index in [1.165, 1.54) is 12.1 Å². The zero-order chi connectivity index (χ0) is 28.7. The van der Waals surface area contributed by atoms with E-state index < -0.39 is 27.2 Å². The Balaban J connectivity index is 1.21. The van der Waals surface area contributed by atoms with Crippen molar-refractivity contribution in [2.75, 3.05) is 5.32 Å². The Kier molecular flexibility index (Phi) is 7.49. The predicted octanol–water partition coefficient (Wildman–Crippen LogP) is 6.20. The summed E-state index contributed by atoms with van der Waals surface area (Å²) >= 11 is 0. The second kappa shape index (κ2) is 10.6. The van der Waals surface area contributed by atoms with E-state index >= 15 is 4.39 Å². The van der Waals surface area contributed by atoms with Crippen molar-refractivity contribution in [3.05, 3.63) is 42.0 Å². The van der Waals surface area contributed by atoms with E-state index in [9.17, 15) is 13.8 Å². The molecule has 1 heterocycles. The number of nitrogens with zero attached hydrogens (tertiary/aromatic N) is 3. The maximum atomic E-state index is 15.1. The molecular formula is C28H36FN5O5S. The number of ether oxygens (including phenoxy) is 2. The van der Waals surface area contributed by atoms with E-state index in [4.69, 9.17) is 9.47 Å². The Bertz CT molecular complexity index is 1410. The number of hydrogen-bond acceptors (Lipinski definition) is 8. The van der Waals surface area contributed by atoms with Crippen molar-refractivity contribution in [2.45, 2.75) is 106 Å². The van der Waals surface area contributed by atoms with Crippen LogP contribution in [0.1, 0.15) is 84.1 Å². The lowest BCUT2D eigenvalue weighted by atomic mass is 10.0. The minimum Gasteiger partial charge on any atom is -0.446 e. The number of rotatable bonds is 7. The average Bonchev–Trinajstić information content (AvgIpc) is 3.79. The molecule has 3 fully saturated rings. The molecule has 0 radical (unpaired) electrons. The lowest BCUT2D eigenvalue weighted by molar-refractivity contribution is 0.0607. The lowest BCUT2D eigenvalue weighted by Gasteiger charge is -2.18. The first-order valence-corrected chi connectivity index (χ1v) is 15.3. The van der Waals surface area contributed by atoms with Gasteiger partial charge in [0.2, 0.25) is 5.95 Å². The summed E-state index contributed by atoms with van der Waals surface area (Å²) in [5.41, 5.74) is 0.139. The second-order valence-corrected chi connectivity index (χ2v) is 14.6. The zero-order valence-corrected chi connectivity index (χ0v) is 24.1. The Morgan fingerprint density at radius 3 is 2.42 bits per heavy atom. The van der Waals surface area contributed by atoms with Crippen LogP contribution in [-0.2, 0) is 19.2 Å². The van der Waals surface area contributed by atoms with Crippen molar-refractivity contribution in [3.8, 4) is 0 Å². The minimum atomic E-state index is -3.17. The molecule has 12 heteroatoms. The lowest BCUT2D eigenvalue weighted by Crippen LogP contribution is -2.36. The third-order valence-corrected chi connectivity index (χ3v) is 10.0. The van der Waals surface area contributed by atoms with Gasteiger partial charge in [0, 0.05) is 23.2 Å². The highest BCUT2D eigenvalue weighted by molar-refractivity contribution is 7.94. The Labute approximate surface area is 234 Å². The summed E-state index contributed by atoms with van der Waals surface area (Å²) in [6, 6.07) is 4.09. The molecule has 1 unspecified atom stereocenters. The SMILES string of the molecule is CC1(NC(=O)O[C@@H]2CC[C@H](c3cnc(Nc4ccc(S(=O)(=NC(=O)OC(C)(C)C)C5CC5)cc4F)nc3)C2)CC1. The third-order valence-electron chi connectivity index (χ3n) is 7.31. The monoisotopic (exact) mass is 573 g/mol. The van der Waals surface area contributed by atoms with Crippen LogP contribution in [0, 0.1) is 5.82 Å². The first-order valence-electron chi connectivity index (χ1n) is 13.7. The number of anilines is 2. The highest BCUT2D eigenvalue weighted by Crippen LogP contribution is 2.38. The van der Waals surface area contributed by atoms with Gasteiger partial charge in [-0.2, -0.15) is 0 Å². The molecule has 0 spiro atoms. The molecule has 2 N–H and O–H groups in total. The topological polar surface area (TPSA) is 132 Å². The van der Waals surface area contributed by atoms with Crippen molar-refractivity contribution in [3.63, 3.8) is 0 Å². The minimum absolute atomic E-state index is 0.107. The molecule has 1 aromatic carbocycles. The maximum Gasteiger partial charge on any atom is 0.442 e. The second-order valence-electron chi connectivity index (χ2n) is 12.2. The van der Waals surface area contributed by atoms with E-state index in [0.717, 1.165) is 37.3 Å². The van der Waals surface area contributed by atoms with E-state index in [0.29, 0.717) is 19.3 Å². The standard InChI is InChI=1S/C28H36FN5O5S/c1-27(2,3)39-26(36)34-40(37,20-7-8-20)21-9-10-23(22(29)14-21)32-24-30-15-18(16-31-24)17-5-6-19(13-17)38-25(35)33-28(4)11-12-28/h9-10,14-17,19-20H,5-8,11-13H2,1-4H3,(H,33,35)(H,30,31,32)/t17-,19+,40?/m0/s1. The third kappa shape index (κ3) is 6.89. The molecule has 0 bridgehead atoms. The van der Waals surface area contributed by atoms with Gasteiger partial charge in [-0.1, -0.05) is 0 Å². The van der Waals surface area contributed by atoms with Crippen LogP contribution >= 0.6 is 0 Å². The Hall–Kier alpha value is -3.28. The quantitative estimate of drug-likeness (QED) is 0.400. The fourth-order valence-electron chi connectivity index (χ4n) is 4.70. The average molecular weight is 574 g/mol. The van der Waals surface area contributed by atoms with Gasteiger partial charge in [0.15, 0.2) is 0 Å². The maximum absolute atomic E-state index is 15.1. The van der Waals surface area contributed by atoms with Crippen LogP contribution in [0.25, 0.3) is 0 Å². The normalized spacial score (nSPS) is 23.0. The number of amides is 2. The summed E-state index contributed by atoms with van der Waals surface area (Å²) < 4.78 is 43.5. The summed E-state index contributed by atoms with van der Waals surface area (Å²) in [6.07, 6.45) is 7.54. The van der Waals surface area contributed by atoms with Crippen molar-refractivity contribution in [1.29, 1.82) is 0 Å². The first kappa shape index (κ1) is 28.3. The van der Waals surface area contributed by atoms with Crippen LogP contribution in [-0.4, -0.2) is 48.9 Å². The van der Waals surface area contributed by atoms with Gasteiger partial charge in [-0.3, -0.25) is 0 Å². The van der Waals surface area contributed by atoms with Gasteiger partial charge >= 0.3 is 12.2 Å². The molecule has 216 valence electrons. The molecule has 3 atom stereocenters. The molecule has 2 amide bonds. The smallest absolute Gasteiger partial charge is 0.442 e. The summed E-state index contributed by atoms with van der Waals surface area (Å²) in [6.45, 7) is 7.10. The molecule has 5 rings (SSSR count). The number of hydrogen-bond donors (Lipinski definition) is 2. The van der Waals surface area contributed by atoms with Crippen molar-refractivity contribution >= 4 is 33.6 Å². The van der Waals surface area contributed by atoms with E-state index in [2.05, 4.69) is 25.0 Å². The highest BCUT2D eigenvalue weighted by Gasteiger charge is 2.40. The molecule has 10 nitrogen and oxygen atoms in total. The van der Waals surface area contributed by atoms with Crippen LogP contribution in [0.15, 0.2) is 39.9 Å². The Morgan fingerprint density at radius 2 is 1.82 bits per heavy atom. The van der Waals surface area contributed by atoms with Gasteiger partial charge in [0.05, 0.1) is 20.3 Å². The van der Waals surface area contributed by atoms with Gasteiger partial charge < -0.3 is 20.1 Å². The fourth-order valence-corrected chi connectivity index (χ4v) is 6.91. The van der Waals surface area contributed by atoms with Gasteiger partial charge in [-0.05, 0) is 102 Å². The number of halogens is 1. The van der Waals surface area contributed by atoms with Crippen LogP contribution in [0.3, 0.4) is 0 Å². The molecule has 3 aliphatic carbocycles. The number of nitrogens with one attached hydrogen (secondary N) is 2. The van der Waals surface area contributed by atoms with Crippen molar-refractivity contribution in [2.24, 2.45) is 4.36 Å². The summed E-state index contributed by atoms with van der Waals surface area (Å²) in [5, 5.41) is 5.46. The van der Waals surface area contributed by atoms with Crippen LogP contribution in [0.4, 0.5) is 25.6 Å². The van der Waals surface area contributed by atoms with Crippen LogP contribution in [0.5, 0.6) is 0 Å². The molecule has 3 aliphatic rings. The number of aromatic nitrogens is 2. The predicted molar refractivity (Wildman–Crippen MR) is 147 cm³/mol. The van der Waals surface area contributed by atoms with Crippen LogP contribution in [0.2, 0.25) is 0 Å². The molecule has 2 aromatic rings. The zero-order valence-electron chi connectivity index (χ0n) is 23.2. The van der Waals surface area contributed by atoms with Gasteiger partial charge in [0.25, 0.3) is 0 Å². The fraction of sp³-hybridized carbons (Fsp3) is 0.571. The highest BCUT2D eigenvalue weighted by atomic mass is 32.2. The summed E-state index contributed by atoms with van der Waals surface area (Å²) in [7, 11) is -3.17. The molecule has 1 aromatic heterocycles.